The molecule has 8 nitrogen and oxygen atoms in total. The highest BCUT2D eigenvalue weighted by Gasteiger charge is 2.29. The van der Waals surface area contributed by atoms with E-state index in [1.54, 1.807) is 42.7 Å². The van der Waals surface area contributed by atoms with Crippen LogP contribution in [0.2, 0.25) is 0 Å². The summed E-state index contributed by atoms with van der Waals surface area (Å²) in [5.74, 6) is -0.485. The maximum Gasteiger partial charge on any atom is 0.337 e. The smallest absolute Gasteiger partial charge is 0.337 e. The summed E-state index contributed by atoms with van der Waals surface area (Å²) in [4.78, 5) is 32.8. The van der Waals surface area contributed by atoms with Crippen LogP contribution >= 0.6 is 0 Å². The van der Waals surface area contributed by atoms with Gasteiger partial charge in [-0.1, -0.05) is 23.4 Å². The van der Waals surface area contributed by atoms with Crippen LogP contribution in [0, 0.1) is 0 Å². The van der Waals surface area contributed by atoms with Crippen LogP contribution in [0.3, 0.4) is 0 Å². The lowest BCUT2D eigenvalue weighted by Crippen LogP contribution is -2.48. The second-order valence-electron chi connectivity index (χ2n) is 5.01. The lowest BCUT2D eigenvalue weighted by molar-refractivity contribution is -0.131. The van der Waals surface area contributed by atoms with Gasteiger partial charge in [0.15, 0.2) is 0 Å². The minimum Gasteiger partial charge on any atom is -0.382 e. The van der Waals surface area contributed by atoms with Gasteiger partial charge in [0.2, 0.25) is 6.10 Å². The number of carbonyl (C=O) groups excluding carboxylic acids is 2. The van der Waals surface area contributed by atoms with E-state index >= 15 is 0 Å². The summed E-state index contributed by atoms with van der Waals surface area (Å²) in [5.41, 5.74) is 6.62. The second-order valence-corrected chi connectivity index (χ2v) is 5.01. The zero-order valence-corrected chi connectivity index (χ0v) is 12.6. The lowest BCUT2D eigenvalue weighted by atomic mass is 10.1. The Kier molecular flexibility index (Phi) is 4.66. The first kappa shape index (κ1) is 15.5. The number of nitrogens with zero attached hydrogens (tertiary/aromatic N) is 2. The Morgan fingerprint density at radius 2 is 1.92 bits per heavy atom. The van der Waals surface area contributed by atoms with Crippen molar-refractivity contribution < 1.29 is 14.4 Å². The fourth-order valence-corrected chi connectivity index (χ4v) is 2.10. The largest absolute Gasteiger partial charge is 0.382 e. The molecule has 0 bridgehead atoms. The third-order valence-corrected chi connectivity index (χ3v) is 3.29. The van der Waals surface area contributed by atoms with Gasteiger partial charge in [0, 0.05) is 30.1 Å². The summed E-state index contributed by atoms with van der Waals surface area (Å²) in [6, 6.07) is 11.9. The average Bonchev–Trinajstić information content (AvgIpc) is 3.11. The average molecular weight is 325 g/mol. The van der Waals surface area contributed by atoms with E-state index in [1.807, 2.05) is 12.1 Å². The van der Waals surface area contributed by atoms with Gasteiger partial charge in [-0.15, -0.1) is 0 Å². The van der Waals surface area contributed by atoms with Crippen LogP contribution in [0.1, 0.15) is 12.0 Å². The standard InChI is InChI=1S/C16H15N5O3/c22-15(19-20-16(23)18-12-6-2-1-3-7-12)14-9-13(21-24-14)11-5-4-8-17-10-11/h1-8,10,14H,9H2,(H,19,22)(H2,18,20,23)/t14-/m1/s1. The van der Waals surface area contributed by atoms with Gasteiger partial charge in [0.1, 0.15) is 0 Å². The number of carbonyl (C=O) groups is 2. The summed E-state index contributed by atoms with van der Waals surface area (Å²) < 4.78 is 0. The maximum atomic E-state index is 12.0. The van der Waals surface area contributed by atoms with Crippen LogP contribution in [0.5, 0.6) is 0 Å². The summed E-state index contributed by atoms with van der Waals surface area (Å²) >= 11 is 0. The Labute approximate surface area is 137 Å². The lowest BCUT2D eigenvalue weighted by Gasteiger charge is -2.11. The molecule has 122 valence electrons. The zero-order valence-electron chi connectivity index (χ0n) is 12.6. The van der Waals surface area contributed by atoms with E-state index in [0.29, 0.717) is 17.8 Å². The molecule has 1 aromatic heterocycles. The second kappa shape index (κ2) is 7.23. The summed E-state index contributed by atoms with van der Waals surface area (Å²) in [6.45, 7) is 0. The number of oxime groups is 1. The van der Waals surface area contributed by atoms with Crippen molar-refractivity contribution >= 4 is 23.3 Å². The fourth-order valence-electron chi connectivity index (χ4n) is 2.10. The molecule has 0 saturated heterocycles. The molecule has 2 heterocycles. The molecule has 8 heteroatoms. The molecule has 1 aliphatic rings. The Balaban J connectivity index is 1.46. The molecule has 0 unspecified atom stereocenters. The Bertz CT molecular complexity index is 749. The predicted molar refractivity (Wildman–Crippen MR) is 87.0 cm³/mol. The maximum absolute atomic E-state index is 12.0. The molecule has 1 aliphatic heterocycles. The van der Waals surface area contributed by atoms with Crippen LogP contribution in [0.25, 0.3) is 0 Å². The van der Waals surface area contributed by atoms with Gasteiger partial charge in [-0.3, -0.25) is 15.2 Å². The molecular weight excluding hydrogens is 310 g/mol. The number of anilines is 1. The molecule has 0 spiro atoms. The Morgan fingerprint density at radius 3 is 2.67 bits per heavy atom. The van der Waals surface area contributed by atoms with E-state index in [-0.39, 0.29) is 0 Å². The number of pyridine rings is 1. The van der Waals surface area contributed by atoms with Crippen LogP contribution in [-0.2, 0) is 9.63 Å². The van der Waals surface area contributed by atoms with Crippen molar-refractivity contribution in [3.8, 4) is 0 Å². The zero-order chi connectivity index (χ0) is 16.8. The third kappa shape index (κ3) is 3.86. The van der Waals surface area contributed by atoms with Gasteiger partial charge in [0.25, 0.3) is 5.91 Å². The molecule has 3 amide bonds. The first-order valence-electron chi connectivity index (χ1n) is 7.27. The summed E-state index contributed by atoms with van der Waals surface area (Å²) in [7, 11) is 0. The number of benzene rings is 1. The third-order valence-electron chi connectivity index (χ3n) is 3.29. The summed E-state index contributed by atoms with van der Waals surface area (Å²) in [5, 5.41) is 6.47. The fraction of sp³-hybridized carbons (Fsp3) is 0.125. The quantitative estimate of drug-likeness (QED) is 0.742. The first-order chi connectivity index (χ1) is 11.7. The number of hydrazine groups is 1. The number of rotatable bonds is 3. The topological polar surface area (TPSA) is 105 Å². The first-order valence-corrected chi connectivity index (χ1v) is 7.27. The minimum absolute atomic E-state index is 0.305. The molecule has 0 saturated carbocycles. The number of para-hydroxylation sites is 1. The van der Waals surface area contributed by atoms with Crippen LogP contribution in [0.4, 0.5) is 10.5 Å². The molecule has 0 aliphatic carbocycles. The SMILES string of the molecule is O=C(NNC(=O)[C@H]1CC(c2cccnc2)=NO1)Nc1ccccc1. The van der Waals surface area contributed by atoms with Crippen LogP contribution < -0.4 is 16.2 Å². The van der Waals surface area contributed by atoms with Crippen LogP contribution in [-0.4, -0.2) is 28.7 Å². The molecule has 1 atom stereocenters. The number of hydrogen-bond acceptors (Lipinski definition) is 5. The van der Waals surface area contributed by atoms with E-state index < -0.39 is 18.0 Å². The van der Waals surface area contributed by atoms with Gasteiger partial charge in [-0.05, 0) is 24.3 Å². The number of aromatic nitrogens is 1. The summed E-state index contributed by atoms with van der Waals surface area (Å²) in [6.07, 6.45) is 2.81. The van der Waals surface area contributed by atoms with E-state index in [4.69, 9.17) is 4.84 Å². The van der Waals surface area contributed by atoms with E-state index in [9.17, 15) is 9.59 Å². The number of hydrogen-bond donors (Lipinski definition) is 3. The molecule has 0 radical (unpaired) electrons. The van der Waals surface area contributed by atoms with Gasteiger partial charge >= 0.3 is 6.03 Å². The highest BCUT2D eigenvalue weighted by Crippen LogP contribution is 2.15. The van der Waals surface area contributed by atoms with Gasteiger partial charge in [-0.2, -0.15) is 0 Å². The molecule has 2 aromatic rings. The number of nitrogens with one attached hydrogen (secondary N) is 3. The van der Waals surface area contributed by atoms with E-state index in [2.05, 4.69) is 26.3 Å². The number of urea groups is 1. The monoisotopic (exact) mass is 325 g/mol. The molecular formula is C16H15N5O3. The number of amides is 3. The van der Waals surface area contributed by atoms with Crippen LogP contribution in [0.15, 0.2) is 60.0 Å². The normalized spacial score (nSPS) is 15.8. The Morgan fingerprint density at radius 1 is 1.08 bits per heavy atom. The van der Waals surface area contributed by atoms with Crippen molar-refractivity contribution in [2.24, 2.45) is 5.16 Å². The van der Waals surface area contributed by atoms with Crippen molar-refractivity contribution in [2.45, 2.75) is 12.5 Å². The molecule has 24 heavy (non-hydrogen) atoms. The highest BCUT2D eigenvalue weighted by atomic mass is 16.6. The molecule has 3 rings (SSSR count). The molecule has 1 aromatic carbocycles. The van der Waals surface area contributed by atoms with Crippen molar-refractivity contribution in [2.75, 3.05) is 5.32 Å². The van der Waals surface area contributed by atoms with Gasteiger partial charge < -0.3 is 10.2 Å². The van der Waals surface area contributed by atoms with Crippen molar-refractivity contribution in [3.05, 3.63) is 60.4 Å². The van der Waals surface area contributed by atoms with E-state index in [0.717, 1.165) is 5.56 Å². The minimum atomic E-state index is -0.794. The van der Waals surface area contributed by atoms with Crippen molar-refractivity contribution in [3.63, 3.8) is 0 Å². The highest BCUT2D eigenvalue weighted by molar-refractivity contribution is 6.04. The Hall–Kier alpha value is -3.42. The van der Waals surface area contributed by atoms with E-state index in [1.165, 1.54) is 0 Å². The van der Waals surface area contributed by atoms with Crippen molar-refractivity contribution in [1.29, 1.82) is 0 Å². The predicted octanol–water partition coefficient (Wildman–Crippen LogP) is 1.43. The van der Waals surface area contributed by atoms with Gasteiger partial charge in [-0.25, -0.2) is 10.2 Å². The van der Waals surface area contributed by atoms with Gasteiger partial charge in [0.05, 0.1) is 5.71 Å². The molecule has 3 N–H and O–H groups in total. The molecule has 0 fully saturated rings. The van der Waals surface area contributed by atoms with Crippen molar-refractivity contribution in [1.82, 2.24) is 15.8 Å².